The number of fused-ring (bicyclic) bond motifs is 1. The molecule has 10 heteroatoms. The molecule has 0 bridgehead atoms. The second kappa shape index (κ2) is 8.08. The van der Waals surface area contributed by atoms with Crippen molar-refractivity contribution >= 4 is 17.5 Å². The lowest BCUT2D eigenvalue weighted by Crippen LogP contribution is -2.43. The molecule has 1 atom stereocenters. The number of nitrogens with zero attached hydrogens (tertiary/aromatic N) is 4. The molecule has 0 saturated heterocycles. The standard InChI is InChI=1S/C23H16ClF3N4O2/c24-18-15(8-4-9-16(18)23(25,26)27)22(32)30-11-12-31-20(17-10-5-13-33-17)28-29-21(31)19(30)14-6-2-1-3-7-14/h1-10,13,19H,11-12H2/t19-/m1/s1. The van der Waals surface area contributed by atoms with E-state index in [-0.39, 0.29) is 12.1 Å². The van der Waals surface area contributed by atoms with Crippen LogP contribution in [0, 0.1) is 0 Å². The Morgan fingerprint density at radius 3 is 2.48 bits per heavy atom. The molecule has 3 heterocycles. The summed E-state index contributed by atoms with van der Waals surface area (Å²) in [5.41, 5.74) is -0.522. The minimum absolute atomic E-state index is 0.212. The third-order valence-corrected chi connectivity index (χ3v) is 5.96. The predicted octanol–water partition coefficient (Wildman–Crippen LogP) is 5.46. The molecule has 0 spiro atoms. The van der Waals surface area contributed by atoms with Crippen molar-refractivity contribution in [3.63, 3.8) is 0 Å². The van der Waals surface area contributed by atoms with Crippen LogP contribution >= 0.6 is 11.6 Å². The quantitative estimate of drug-likeness (QED) is 0.397. The highest BCUT2D eigenvalue weighted by molar-refractivity contribution is 6.34. The van der Waals surface area contributed by atoms with Gasteiger partial charge in [0.2, 0.25) is 0 Å². The Hall–Kier alpha value is -3.59. The summed E-state index contributed by atoms with van der Waals surface area (Å²) < 4.78 is 47.4. The molecule has 0 N–H and O–H groups in total. The lowest BCUT2D eigenvalue weighted by atomic mass is 10.0. The molecule has 1 amide bonds. The molecule has 1 aliphatic heterocycles. The highest BCUT2D eigenvalue weighted by atomic mass is 35.5. The summed E-state index contributed by atoms with van der Waals surface area (Å²) in [4.78, 5) is 15.0. The first-order valence-electron chi connectivity index (χ1n) is 10.0. The lowest BCUT2D eigenvalue weighted by Gasteiger charge is -2.36. The molecule has 0 unspecified atom stereocenters. The number of benzene rings is 2. The van der Waals surface area contributed by atoms with Crippen LogP contribution in [0.2, 0.25) is 5.02 Å². The topological polar surface area (TPSA) is 64.2 Å². The number of alkyl halides is 3. The molecule has 0 radical (unpaired) electrons. The minimum Gasteiger partial charge on any atom is -0.461 e. The Balaban J connectivity index is 1.61. The fraction of sp³-hybridized carbons (Fsp3) is 0.174. The van der Waals surface area contributed by atoms with Crippen LogP contribution in [0.25, 0.3) is 11.6 Å². The molecule has 4 aromatic rings. The van der Waals surface area contributed by atoms with Gasteiger partial charge in [0.25, 0.3) is 5.91 Å². The second-order valence-electron chi connectivity index (χ2n) is 7.49. The summed E-state index contributed by atoms with van der Waals surface area (Å²) in [5.74, 6) is 0.908. The zero-order valence-electron chi connectivity index (χ0n) is 17.0. The zero-order chi connectivity index (χ0) is 23.2. The van der Waals surface area contributed by atoms with E-state index in [4.69, 9.17) is 16.0 Å². The minimum atomic E-state index is -4.67. The van der Waals surface area contributed by atoms with Crippen molar-refractivity contribution in [3.05, 3.63) is 94.5 Å². The summed E-state index contributed by atoms with van der Waals surface area (Å²) in [6.45, 7) is 0.549. The molecule has 0 saturated carbocycles. The molecule has 33 heavy (non-hydrogen) atoms. The lowest BCUT2D eigenvalue weighted by molar-refractivity contribution is -0.137. The van der Waals surface area contributed by atoms with E-state index in [0.717, 1.165) is 11.6 Å². The summed E-state index contributed by atoms with van der Waals surface area (Å²) in [7, 11) is 0. The van der Waals surface area contributed by atoms with E-state index in [1.807, 2.05) is 34.9 Å². The fourth-order valence-electron chi connectivity index (χ4n) is 4.06. The Kier molecular flexibility index (Phi) is 5.20. The van der Waals surface area contributed by atoms with E-state index in [2.05, 4.69) is 10.2 Å². The van der Waals surface area contributed by atoms with Gasteiger partial charge in [0.05, 0.1) is 22.4 Å². The summed E-state index contributed by atoms with van der Waals surface area (Å²) in [6, 6.07) is 15.3. The van der Waals surface area contributed by atoms with E-state index in [9.17, 15) is 18.0 Å². The van der Waals surface area contributed by atoms with E-state index in [0.29, 0.717) is 24.0 Å². The zero-order valence-corrected chi connectivity index (χ0v) is 17.7. The molecule has 2 aromatic heterocycles. The Labute approximate surface area is 191 Å². The number of rotatable bonds is 3. The largest absolute Gasteiger partial charge is 0.461 e. The maximum absolute atomic E-state index is 13.5. The van der Waals surface area contributed by atoms with E-state index < -0.39 is 28.7 Å². The van der Waals surface area contributed by atoms with Crippen molar-refractivity contribution in [1.29, 1.82) is 0 Å². The van der Waals surface area contributed by atoms with Gasteiger partial charge < -0.3 is 13.9 Å². The van der Waals surface area contributed by atoms with Crippen molar-refractivity contribution in [3.8, 4) is 11.6 Å². The van der Waals surface area contributed by atoms with Crippen LogP contribution < -0.4 is 0 Å². The number of hydrogen-bond donors (Lipinski definition) is 0. The Bertz CT molecular complexity index is 1300. The Morgan fingerprint density at radius 2 is 1.79 bits per heavy atom. The van der Waals surface area contributed by atoms with Gasteiger partial charge in [0.1, 0.15) is 6.04 Å². The SMILES string of the molecule is O=C(c1cccc(C(F)(F)F)c1Cl)N1CCn2c(-c3ccco3)nnc2[C@H]1c1ccccc1. The van der Waals surface area contributed by atoms with Gasteiger partial charge in [-0.15, -0.1) is 10.2 Å². The predicted molar refractivity (Wildman–Crippen MR) is 113 cm³/mol. The number of furan rings is 1. The fourth-order valence-corrected chi connectivity index (χ4v) is 4.37. The number of aromatic nitrogens is 3. The van der Waals surface area contributed by atoms with Crippen molar-refractivity contribution < 1.29 is 22.4 Å². The molecule has 168 valence electrons. The third-order valence-electron chi connectivity index (χ3n) is 5.55. The van der Waals surface area contributed by atoms with Crippen LogP contribution in [0.15, 0.2) is 71.3 Å². The van der Waals surface area contributed by atoms with Crippen LogP contribution in [0.4, 0.5) is 13.2 Å². The summed E-state index contributed by atoms with van der Waals surface area (Å²) >= 11 is 6.06. The summed E-state index contributed by atoms with van der Waals surface area (Å²) in [6.07, 6.45) is -3.15. The monoisotopic (exact) mass is 472 g/mol. The average molecular weight is 473 g/mol. The molecule has 0 aliphatic carbocycles. The average Bonchev–Trinajstić information content (AvgIpc) is 3.47. The van der Waals surface area contributed by atoms with Crippen LogP contribution in [0.5, 0.6) is 0 Å². The van der Waals surface area contributed by atoms with Crippen LogP contribution in [0.1, 0.15) is 33.4 Å². The van der Waals surface area contributed by atoms with Crippen molar-refractivity contribution in [2.45, 2.75) is 18.8 Å². The smallest absolute Gasteiger partial charge is 0.417 e. The number of amides is 1. The number of hydrogen-bond acceptors (Lipinski definition) is 4. The van der Waals surface area contributed by atoms with Crippen LogP contribution in [0.3, 0.4) is 0 Å². The molecule has 6 nitrogen and oxygen atoms in total. The third kappa shape index (κ3) is 3.68. The normalized spacial score (nSPS) is 16.0. The second-order valence-corrected chi connectivity index (χ2v) is 7.87. The molecule has 1 aliphatic rings. The maximum Gasteiger partial charge on any atom is 0.417 e. The van der Waals surface area contributed by atoms with Crippen molar-refractivity contribution in [2.75, 3.05) is 6.54 Å². The van der Waals surface area contributed by atoms with Crippen LogP contribution in [-0.4, -0.2) is 32.1 Å². The highest BCUT2D eigenvalue weighted by Crippen LogP contribution is 2.39. The summed E-state index contributed by atoms with van der Waals surface area (Å²) in [5, 5.41) is 7.95. The van der Waals surface area contributed by atoms with Gasteiger partial charge in [-0.1, -0.05) is 48.0 Å². The van der Waals surface area contributed by atoms with E-state index in [1.165, 1.54) is 23.3 Å². The molecule has 2 aromatic carbocycles. The van der Waals surface area contributed by atoms with Gasteiger partial charge in [-0.3, -0.25) is 4.79 Å². The van der Waals surface area contributed by atoms with Gasteiger partial charge in [0.15, 0.2) is 17.4 Å². The number of halogens is 4. The van der Waals surface area contributed by atoms with Crippen molar-refractivity contribution in [1.82, 2.24) is 19.7 Å². The Morgan fingerprint density at radius 1 is 1.00 bits per heavy atom. The molecule has 5 rings (SSSR count). The maximum atomic E-state index is 13.5. The van der Waals surface area contributed by atoms with Gasteiger partial charge in [0, 0.05) is 13.1 Å². The van der Waals surface area contributed by atoms with Crippen LogP contribution in [-0.2, 0) is 12.7 Å². The highest BCUT2D eigenvalue weighted by Gasteiger charge is 2.39. The van der Waals surface area contributed by atoms with Crippen molar-refractivity contribution in [2.24, 2.45) is 0 Å². The first-order chi connectivity index (χ1) is 15.9. The molecular weight excluding hydrogens is 457 g/mol. The van der Waals surface area contributed by atoms with E-state index >= 15 is 0 Å². The number of carbonyl (C=O) groups is 1. The van der Waals surface area contributed by atoms with Gasteiger partial charge in [-0.2, -0.15) is 13.2 Å². The van der Waals surface area contributed by atoms with Gasteiger partial charge in [-0.05, 0) is 29.8 Å². The molecule has 0 fully saturated rings. The molecular formula is C23H16ClF3N4O2. The van der Waals surface area contributed by atoms with E-state index in [1.54, 1.807) is 12.1 Å². The van der Waals surface area contributed by atoms with Gasteiger partial charge >= 0.3 is 6.18 Å². The number of carbonyl (C=O) groups excluding carboxylic acids is 1. The first kappa shape index (κ1) is 21.3. The van der Waals surface area contributed by atoms with Gasteiger partial charge in [-0.25, -0.2) is 0 Å². The first-order valence-corrected chi connectivity index (χ1v) is 10.4.